The quantitative estimate of drug-likeness (QED) is 0.498. The Bertz CT molecular complexity index is 1170. The van der Waals surface area contributed by atoms with E-state index < -0.39 is 17.5 Å². The summed E-state index contributed by atoms with van der Waals surface area (Å²) in [6.45, 7) is 0. The van der Waals surface area contributed by atoms with Gasteiger partial charge >= 0.3 is 0 Å². The lowest BCUT2D eigenvalue weighted by atomic mass is 10.2. The van der Waals surface area contributed by atoms with Gasteiger partial charge in [-0.1, -0.05) is 35.1 Å². The highest BCUT2D eigenvalue weighted by molar-refractivity contribution is 7.18. The Kier molecular flexibility index (Phi) is 4.37. The molecular formula is C18H11ClF2N4OS. The number of rotatable bonds is 3. The second-order valence-electron chi connectivity index (χ2n) is 5.67. The molecule has 0 aliphatic heterocycles. The molecule has 0 aliphatic rings. The van der Waals surface area contributed by atoms with E-state index in [0.29, 0.717) is 15.6 Å². The first-order valence-electron chi connectivity index (χ1n) is 7.78. The Morgan fingerprint density at radius 3 is 2.85 bits per heavy atom. The molecule has 3 aromatic heterocycles. The van der Waals surface area contributed by atoms with E-state index in [2.05, 4.69) is 10.1 Å². The zero-order chi connectivity index (χ0) is 19.1. The average Bonchev–Trinajstić information content (AvgIpc) is 3.26. The number of carbonyl (C=O) groups excluding carboxylic acids is 1. The number of anilines is 1. The van der Waals surface area contributed by atoms with Crippen molar-refractivity contribution in [3.05, 3.63) is 69.8 Å². The Labute approximate surface area is 161 Å². The molecule has 9 heteroatoms. The highest BCUT2D eigenvalue weighted by atomic mass is 35.5. The molecule has 0 unspecified atom stereocenters. The highest BCUT2D eigenvalue weighted by Crippen LogP contribution is 2.35. The van der Waals surface area contributed by atoms with Gasteiger partial charge in [-0.05, 0) is 24.3 Å². The minimum Gasteiger partial charge on any atom is -0.307 e. The van der Waals surface area contributed by atoms with Gasteiger partial charge in [-0.2, -0.15) is 5.10 Å². The molecule has 0 fully saturated rings. The molecule has 1 aromatic carbocycles. The predicted molar refractivity (Wildman–Crippen MR) is 100 cm³/mol. The van der Waals surface area contributed by atoms with Crippen LogP contribution in [0.4, 0.5) is 14.5 Å². The van der Waals surface area contributed by atoms with E-state index >= 15 is 0 Å². The maximum Gasteiger partial charge on any atom is 0.287 e. The summed E-state index contributed by atoms with van der Waals surface area (Å²) in [5.74, 6) is -2.72. The summed E-state index contributed by atoms with van der Waals surface area (Å²) in [6, 6.07) is 9.18. The molecule has 5 nitrogen and oxygen atoms in total. The molecule has 0 spiro atoms. The fourth-order valence-corrected chi connectivity index (χ4v) is 3.83. The summed E-state index contributed by atoms with van der Waals surface area (Å²) in [6.07, 6.45) is 3.39. The fraction of sp³-hybridized carbons (Fsp3) is 0.0556. The molecule has 136 valence electrons. The van der Waals surface area contributed by atoms with Crippen LogP contribution >= 0.6 is 22.9 Å². The van der Waals surface area contributed by atoms with Gasteiger partial charge in [0.05, 0.1) is 17.4 Å². The van der Waals surface area contributed by atoms with E-state index in [9.17, 15) is 13.6 Å². The SMILES string of the molecule is CN(C(=O)c1nc(-c2cnn3ccccc23)c(Cl)s1)c1cccc(F)c1F. The Balaban J connectivity index is 1.73. The summed E-state index contributed by atoms with van der Waals surface area (Å²) in [7, 11) is 1.35. The van der Waals surface area contributed by atoms with Crippen LogP contribution in [0.3, 0.4) is 0 Å². The van der Waals surface area contributed by atoms with Gasteiger partial charge in [-0.3, -0.25) is 4.79 Å². The molecular weight excluding hydrogens is 394 g/mol. The fourth-order valence-electron chi connectivity index (χ4n) is 2.68. The smallest absolute Gasteiger partial charge is 0.287 e. The molecule has 4 rings (SSSR count). The number of hydrogen-bond donors (Lipinski definition) is 0. The molecule has 0 radical (unpaired) electrons. The molecule has 0 N–H and O–H groups in total. The third-order valence-corrected chi connectivity index (χ3v) is 5.29. The van der Waals surface area contributed by atoms with Crippen molar-refractivity contribution in [2.24, 2.45) is 0 Å². The van der Waals surface area contributed by atoms with Crippen molar-refractivity contribution in [3.8, 4) is 11.3 Å². The first-order valence-corrected chi connectivity index (χ1v) is 8.98. The normalized spacial score (nSPS) is 11.1. The third-order valence-electron chi connectivity index (χ3n) is 4.05. The molecule has 0 atom stereocenters. The van der Waals surface area contributed by atoms with Gasteiger partial charge in [0.25, 0.3) is 5.91 Å². The van der Waals surface area contributed by atoms with Crippen molar-refractivity contribution < 1.29 is 13.6 Å². The maximum absolute atomic E-state index is 14.0. The van der Waals surface area contributed by atoms with E-state index in [1.54, 1.807) is 16.9 Å². The highest BCUT2D eigenvalue weighted by Gasteiger charge is 2.24. The number of benzene rings is 1. The first kappa shape index (κ1) is 17.6. The van der Waals surface area contributed by atoms with Gasteiger partial charge in [0.15, 0.2) is 16.6 Å². The van der Waals surface area contributed by atoms with Crippen LogP contribution in [0, 0.1) is 11.6 Å². The average molecular weight is 405 g/mol. The lowest BCUT2D eigenvalue weighted by molar-refractivity contribution is 0.0992. The molecule has 4 aromatic rings. The second-order valence-corrected chi connectivity index (χ2v) is 7.27. The second kappa shape index (κ2) is 6.71. The van der Waals surface area contributed by atoms with Gasteiger partial charge in [-0.15, -0.1) is 0 Å². The monoisotopic (exact) mass is 404 g/mol. The Morgan fingerprint density at radius 2 is 2.04 bits per heavy atom. The van der Waals surface area contributed by atoms with Crippen LogP contribution in [-0.4, -0.2) is 27.6 Å². The van der Waals surface area contributed by atoms with Crippen LogP contribution in [0.2, 0.25) is 4.34 Å². The minimum absolute atomic E-state index is 0.0662. The lowest BCUT2D eigenvalue weighted by Gasteiger charge is -2.16. The van der Waals surface area contributed by atoms with Gasteiger partial charge < -0.3 is 4.90 Å². The van der Waals surface area contributed by atoms with Gasteiger partial charge in [-0.25, -0.2) is 18.3 Å². The number of thiazole rings is 1. The molecule has 0 saturated heterocycles. The predicted octanol–water partition coefficient (Wildman–Crippen LogP) is 4.67. The Morgan fingerprint density at radius 1 is 1.22 bits per heavy atom. The number of aromatic nitrogens is 3. The van der Waals surface area contributed by atoms with E-state index in [1.165, 1.54) is 19.2 Å². The van der Waals surface area contributed by atoms with Crippen molar-refractivity contribution in [1.29, 1.82) is 0 Å². The third kappa shape index (κ3) is 2.96. The number of carbonyl (C=O) groups is 1. The summed E-state index contributed by atoms with van der Waals surface area (Å²) >= 11 is 7.27. The molecule has 0 aliphatic carbocycles. The number of fused-ring (bicyclic) bond motifs is 1. The summed E-state index contributed by atoms with van der Waals surface area (Å²) in [5.41, 5.74) is 1.70. The van der Waals surface area contributed by atoms with Gasteiger partial charge in [0, 0.05) is 18.8 Å². The number of hydrogen-bond acceptors (Lipinski definition) is 4. The maximum atomic E-state index is 14.0. The number of halogens is 3. The first-order chi connectivity index (χ1) is 13.0. The molecule has 3 heterocycles. The van der Waals surface area contributed by atoms with Crippen molar-refractivity contribution in [2.45, 2.75) is 0 Å². The standard InChI is InChI=1S/C18H11ClF2N4OS/c1-24(13-7-4-5-11(20)14(13)21)18(26)17-23-15(16(19)27-17)10-9-22-25-8-3-2-6-12(10)25/h2-9H,1H3. The zero-order valence-corrected chi connectivity index (χ0v) is 15.4. The van der Waals surface area contributed by atoms with E-state index in [1.807, 2.05) is 18.2 Å². The molecule has 27 heavy (non-hydrogen) atoms. The van der Waals surface area contributed by atoms with Gasteiger partial charge in [0.2, 0.25) is 0 Å². The largest absolute Gasteiger partial charge is 0.307 e. The topological polar surface area (TPSA) is 50.5 Å². The van der Waals surface area contributed by atoms with Crippen LogP contribution in [0.5, 0.6) is 0 Å². The van der Waals surface area contributed by atoms with Crippen LogP contribution in [0.25, 0.3) is 16.8 Å². The van der Waals surface area contributed by atoms with Crippen LogP contribution in [0.15, 0.2) is 48.8 Å². The van der Waals surface area contributed by atoms with Crippen molar-refractivity contribution in [3.63, 3.8) is 0 Å². The van der Waals surface area contributed by atoms with Crippen LogP contribution in [0.1, 0.15) is 9.80 Å². The number of nitrogens with zero attached hydrogens (tertiary/aromatic N) is 4. The van der Waals surface area contributed by atoms with Crippen molar-refractivity contribution in [1.82, 2.24) is 14.6 Å². The minimum atomic E-state index is -1.10. The number of pyridine rings is 1. The lowest BCUT2D eigenvalue weighted by Crippen LogP contribution is -2.27. The van der Waals surface area contributed by atoms with Crippen molar-refractivity contribution in [2.75, 3.05) is 11.9 Å². The van der Waals surface area contributed by atoms with Crippen LogP contribution < -0.4 is 4.90 Å². The molecule has 0 saturated carbocycles. The summed E-state index contributed by atoms with van der Waals surface area (Å²) in [5, 5.41) is 4.30. The summed E-state index contributed by atoms with van der Waals surface area (Å²) in [4.78, 5) is 18.0. The van der Waals surface area contributed by atoms with E-state index in [-0.39, 0.29) is 10.7 Å². The van der Waals surface area contributed by atoms with Crippen LogP contribution in [-0.2, 0) is 0 Å². The van der Waals surface area contributed by atoms with Gasteiger partial charge in [0.1, 0.15) is 10.0 Å². The van der Waals surface area contributed by atoms with E-state index in [4.69, 9.17) is 11.6 Å². The number of amides is 1. The molecule has 0 bridgehead atoms. The Hall–Kier alpha value is -2.84. The van der Waals surface area contributed by atoms with Crippen molar-refractivity contribution >= 4 is 40.0 Å². The van der Waals surface area contributed by atoms with E-state index in [0.717, 1.165) is 27.8 Å². The molecule has 1 amide bonds. The zero-order valence-electron chi connectivity index (χ0n) is 13.9. The summed E-state index contributed by atoms with van der Waals surface area (Å²) < 4.78 is 29.4.